The maximum absolute atomic E-state index is 12.5. The number of nitrogens with two attached hydrogens (primary N) is 1. The molecule has 0 amide bonds. The Morgan fingerprint density at radius 3 is 2.64 bits per heavy atom. The zero-order valence-electron chi connectivity index (χ0n) is 14.6. The number of imidazole rings is 1. The summed E-state index contributed by atoms with van der Waals surface area (Å²) in [6.45, 7) is -0.140. The van der Waals surface area contributed by atoms with Crippen molar-refractivity contribution in [3.05, 3.63) is 51.5 Å². The van der Waals surface area contributed by atoms with Crippen LogP contribution in [-0.4, -0.2) is 54.8 Å². The summed E-state index contributed by atoms with van der Waals surface area (Å²) in [5, 5.41) is 30.3. The predicted octanol–water partition coefficient (Wildman–Crippen LogP) is -1.09. The number of aromatic nitrogens is 4. The second kappa shape index (κ2) is 7.15. The van der Waals surface area contributed by atoms with Gasteiger partial charge in [0, 0.05) is 5.02 Å². The van der Waals surface area contributed by atoms with Crippen LogP contribution < -0.4 is 15.9 Å². The molecule has 0 saturated carbocycles. The minimum atomic E-state index is -1.32. The number of fused-ring (bicyclic) bond motifs is 1. The first-order valence-corrected chi connectivity index (χ1v) is 8.93. The summed E-state index contributed by atoms with van der Waals surface area (Å²) in [4.78, 5) is 19.2. The first-order valence-electron chi connectivity index (χ1n) is 8.55. The molecule has 10 nitrogen and oxygen atoms in total. The first-order chi connectivity index (χ1) is 13.4. The fourth-order valence-corrected chi connectivity index (χ4v) is 3.50. The molecule has 0 aliphatic carbocycles. The van der Waals surface area contributed by atoms with Crippen LogP contribution in [0.3, 0.4) is 0 Å². The highest BCUT2D eigenvalue weighted by Gasteiger charge is 2.46. The van der Waals surface area contributed by atoms with E-state index in [9.17, 15) is 20.1 Å². The number of rotatable bonds is 4. The molecule has 0 bridgehead atoms. The van der Waals surface area contributed by atoms with Gasteiger partial charge in [-0.3, -0.25) is 14.3 Å². The average molecular weight is 409 g/mol. The van der Waals surface area contributed by atoms with Gasteiger partial charge >= 0.3 is 5.65 Å². The Morgan fingerprint density at radius 1 is 1.29 bits per heavy atom. The normalized spacial score (nSPS) is 24.9. The molecule has 1 aliphatic heterocycles. The lowest BCUT2D eigenvalue weighted by atomic mass is 10.1. The monoisotopic (exact) mass is 408 g/mol. The number of hydrogen-bond acceptors (Lipinski definition) is 7. The Hall–Kier alpha value is -2.50. The number of nitrogen functional groups attached to an aromatic ring is 1. The molecule has 2 aromatic heterocycles. The van der Waals surface area contributed by atoms with Crippen molar-refractivity contribution >= 4 is 28.7 Å². The molecule has 0 radical (unpaired) electrons. The van der Waals surface area contributed by atoms with Crippen LogP contribution in [0.25, 0.3) is 11.2 Å². The van der Waals surface area contributed by atoms with Gasteiger partial charge in [0.2, 0.25) is 11.7 Å². The second-order valence-corrected chi connectivity index (χ2v) is 7.07. The molecule has 0 spiro atoms. The van der Waals surface area contributed by atoms with Gasteiger partial charge in [-0.15, -0.1) is 0 Å². The number of H-pyrrole nitrogens is 1. The molecular weight excluding hydrogens is 390 g/mol. The van der Waals surface area contributed by atoms with E-state index in [-0.39, 0.29) is 17.1 Å². The number of benzene rings is 1. The summed E-state index contributed by atoms with van der Waals surface area (Å²) < 4.78 is 8.65. The minimum Gasteiger partial charge on any atom is -0.394 e. The van der Waals surface area contributed by atoms with Crippen molar-refractivity contribution < 1.29 is 24.6 Å². The van der Waals surface area contributed by atoms with E-state index in [0.29, 0.717) is 11.6 Å². The highest BCUT2D eigenvalue weighted by atomic mass is 35.5. The third-order valence-electron chi connectivity index (χ3n) is 4.75. The van der Waals surface area contributed by atoms with Gasteiger partial charge in [0.25, 0.3) is 11.5 Å². The third kappa shape index (κ3) is 3.15. The van der Waals surface area contributed by atoms with Gasteiger partial charge < -0.3 is 25.8 Å². The number of halogens is 1. The topological polar surface area (TPSA) is 150 Å². The van der Waals surface area contributed by atoms with Crippen LogP contribution in [0.4, 0.5) is 5.95 Å². The standard InChI is InChI=1S/C17H18ClN5O5/c18-9-3-1-8(2-4-9)5-22-7-23(14-11(22)15(27)21-17(19)20-14)16-13(26)12(25)10(6-24)28-16/h1-4,7,10,12-13,16,24-26H,5-6H2,(H2-,19,20,21,27)/p+1/t10-,12-,13-,16-/m1/s1. The van der Waals surface area contributed by atoms with Crippen molar-refractivity contribution in [1.29, 1.82) is 0 Å². The quantitative estimate of drug-likeness (QED) is 0.344. The maximum atomic E-state index is 12.5. The van der Waals surface area contributed by atoms with E-state index in [0.717, 1.165) is 5.56 Å². The molecule has 4 atom stereocenters. The number of aliphatic hydroxyl groups excluding tert-OH is 3. The third-order valence-corrected chi connectivity index (χ3v) is 5.00. The fourth-order valence-electron chi connectivity index (χ4n) is 3.38. The minimum absolute atomic E-state index is 0.0952. The molecular formula is C17H19ClN5O5+. The summed E-state index contributed by atoms with van der Waals surface area (Å²) in [6, 6.07) is 7.13. The Kier molecular flexibility index (Phi) is 4.81. The van der Waals surface area contributed by atoms with Crippen LogP contribution in [0, 0.1) is 0 Å². The molecule has 148 valence electrons. The van der Waals surface area contributed by atoms with Crippen LogP contribution in [0.5, 0.6) is 0 Å². The summed E-state index contributed by atoms with van der Waals surface area (Å²) in [5.41, 5.74) is 6.52. The number of ether oxygens (including phenoxy) is 1. The number of anilines is 1. The van der Waals surface area contributed by atoms with Crippen LogP contribution >= 0.6 is 11.6 Å². The first kappa shape index (κ1) is 18.8. The van der Waals surface area contributed by atoms with Gasteiger partial charge in [0.05, 0.1) is 13.2 Å². The smallest absolute Gasteiger partial charge is 0.313 e. The van der Waals surface area contributed by atoms with E-state index in [1.807, 2.05) is 12.1 Å². The lowest BCUT2D eigenvalue weighted by molar-refractivity contribution is -0.746. The van der Waals surface area contributed by atoms with Gasteiger partial charge in [0.1, 0.15) is 18.3 Å². The molecule has 3 aromatic rings. The molecule has 6 N–H and O–H groups in total. The number of aromatic amines is 1. The zero-order chi connectivity index (χ0) is 20.0. The van der Waals surface area contributed by atoms with Gasteiger partial charge in [0.15, 0.2) is 6.33 Å². The van der Waals surface area contributed by atoms with Crippen molar-refractivity contribution in [3.8, 4) is 0 Å². The molecule has 0 unspecified atom stereocenters. The molecule has 1 aliphatic rings. The Morgan fingerprint density at radius 2 is 2.00 bits per heavy atom. The second-order valence-electron chi connectivity index (χ2n) is 6.63. The predicted molar refractivity (Wildman–Crippen MR) is 98.5 cm³/mol. The van der Waals surface area contributed by atoms with E-state index in [1.165, 1.54) is 4.57 Å². The van der Waals surface area contributed by atoms with Crippen LogP contribution in [-0.2, 0) is 11.3 Å². The molecule has 4 rings (SSSR count). The lowest BCUT2D eigenvalue weighted by Gasteiger charge is -2.12. The molecule has 28 heavy (non-hydrogen) atoms. The van der Waals surface area contributed by atoms with Crippen LogP contribution in [0.2, 0.25) is 5.02 Å². The van der Waals surface area contributed by atoms with Crippen LogP contribution in [0.15, 0.2) is 35.4 Å². The van der Waals surface area contributed by atoms with E-state index >= 15 is 0 Å². The molecule has 1 saturated heterocycles. The summed E-state index contributed by atoms with van der Waals surface area (Å²) in [7, 11) is 0. The lowest BCUT2D eigenvalue weighted by Crippen LogP contribution is -2.46. The van der Waals surface area contributed by atoms with E-state index < -0.39 is 36.7 Å². The highest BCUT2D eigenvalue weighted by Crippen LogP contribution is 2.26. The summed E-state index contributed by atoms with van der Waals surface area (Å²) in [5.74, 6) is -0.0952. The number of nitrogens with zero attached hydrogens (tertiary/aromatic N) is 3. The van der Waals surface area contributed by atoms with Gasteiger partial charge in [-0.1, -0.05) is 28.7 Å². The van der Waals surface area contributed by atoms with E-state index in [4.69, 9.17) is 22.1 Å². The van der Waals surface area contributed by atoms with Crippen molar-refractivity contribution in [2.45, 2.75) is 31.1 Å². The van der Waals surface area contributed by atoms with Crippen molar-refractivity contribution in [2.75, 3.05) is 12.3 Å². The van der Waals surface area contributed by atoms with Gasteiger partial charge in [-0.2, -0.15) is 0 Å². The molecule has 1 fully saturated rings. The van der Waals surface area contributed by atoms with Crippen LogP contribution in [0.1, 0.15) is 11.8 Å². The van der Waals surface area contributed by atoms with E-state index in [1.54, 1.807) is 23.0 Å². The van der Waals surface area contributed by atoms with Crippen molar-refractivity contribution in [1.82, 2.24) is 14.5 Å². The number of hydrogen-bond donors (Lipinski definition) is 5. The molecule has 11 heteroatoms. The van der Waals surface area contributed by atoms with Crippen molar-refractivity contribution in [3.63, 3.8) is 0 Å². The van der Waals surface area contributed by atoms with Gasteiger partial charge in [-0.05, 0) is 17.7 Å². The Labute approximate surface area is 163 Å². The van der Waals surface area contributed by atoms with Gasteiger partial charge in [-0.25, -0.2) is 4.57 Å². The van der Waals surface area contributed by atoms with Crippen molar-refractivity contribution in [2.24, 2.45) is 0 Å². The summed E-state index contributed by atoms with van der Waals surface area (Å²) in [6.07, 6.45) is -3.05. The fraction of sp³-hybridized carbons (Fsp3) is 0.353. The Bertz CT molecular complexity index is 1070. The SMILES string of the molecule is Nc1nc2c(c(=O)[nH]1)n(Cc1ccc(Cl)cc1)c[n+]2[C@@H]1O[C@H](CO)[C@@H](O)[C@H]1O. The average Bonchev–Trinajstić information content (AvgIpc) is 3.15. The number of aliphatic hydroxyl groups is 3. The number of nitrogens with one attached hydrogen (secondary N) is 1. The Balaban J connectivity index is 1.83. The molecule has 3 heterocycles. The van der Waals surface area contributed by atoms with E-state index in [2.05, 4.69) is 9.97 Å². The summed E-state index contributed by atoms with van der Waals surface area (Å²) >= 11 is 5.92. The molecule has 1 aromatic carbocycles. The maximum Gasteiger partial charge on any atom is 0.313 e. The zero-order valence-corrected chi connectivity index (χ0v) is 15.3. The largest absolute Gasteiger partial charge is 0.394 e. The highest BCUT2D eigenvalue weighted by molar-refractivity contribution is 6.30.